The van der Waals surface area contributed by atoms with Crippen molar-refractivity contribution >= 4 is 16.8 Å². The molecule has 2 aromatic carbocycles. The van der Waals surface area contributed by atoms with Crippen LogP contribution in [0.15, 0.2) is 48.5 Å². The molecule has 3 rings (SSSR count). The SMILES string of the molecule is CC(C)(CNC(=O)c1cc2c(F)cccc2[nH]1)c1ccccc1F. The molecule has 3 aromatic rings. The fraction of sp³-hybridized carbons (Fsp3) is 0.211. The van der Waals surface area contributed by atoms with Crippen molar-refractivity contribution in [1.29, 1.82) is 0 Å². The molecule has 1 aromatic heterocycles. The normalized spacial score (nSPS) is 11.7. The van der Waals surface area contributed by atoms with Crippen molar-refractivity contribution < 1.29 is 13.6 Å². The Balaban J connectivity index is 1.77. The molecule has 0 saturated heterocycles. The van der Waals surface area contributed by atoms with E-state index in [0.29, 0.717) is 16.5 Å². The predicted molar refractivity (Wildman–Crippen MR) is 90.0 cm³/mol. The van der Waals surface area contributed by atoms with Crippen LogP contribution < -0.4 is 5.32 Å². The van der Waals surface area contributed by atoms with Gasteiger partial charge in [0.15, 0.2) is 0 Å². The molecular weight excluding hydrogens is 310 g/mol. The highest BCUT2D eigenvalue weighted by atomic mass is 19.1. The summed E-state index contributed by atoms with van der Waals surface area (Å²) in [6.45, 7) is 3.97. The fourth-order valence-corrected chi connectivity index (χ4v) is 2.74. The van der Waals surface area contributed by atoms with Gasteiger partial charge in [-0.05, 0) is 29.8 Å². The van der Waals surface area contributed by atoms with Crippen LogP contribution in [0.2, 0.25) is 0 Å². The van der Waals surface area contributed by atoms with Crippen molar-refractivity contribution in [2.24, 2.45) is 0 Å². The van der Waals surface area contributed by atoms with Crippen LogP contribution >= 0.6 is 0 Å². The van der Waals surface area contributed by atoms with E-state index in [4.69, 9.17) is 0 Å². The number of hydrogen-bond acceptors (Lipinski definition) is 1. The first-order valence-electron chi connectivity index (χ1n) is 7.69. The maximum absolute atomic E-state index is 14.0. The lowest BCUT2D eigenvalue weighted by atomic mass is 9.84. The first-order chi connectivity index (χ1) is 11.4. The van der Waals surface area contributed by atoms with Crippen LogP contribution in [0, 0.1) is 11.6 Å². The number of H-pyrrole nitrogens is 1. The quantitative estimate of drug-likeness (QED) is 0.742. The number of rotatable bonds is 4. The standard InChI is InChI=1S/C19H18F2N2O/c1-19(2,13-6-3-4-7-15(13)21)11-22-18(24)17-10-12-14(20)8-5-9-16(12)23-17/h3-10,23H,11H2,1-2H3,(H,22,24). The van der Waals surface area contributed by atoms with Gasteiger partial charge in [-0.15, -0.1) is 0 Å². The second-order valence-corrected chi connectivity index (χ2v) is 6.43. The molecule has 0 saturated carbocycles. The summed E-state index contributed by atoms with van der Waals surface area (Å²) in [5.41, 5.74) is 0.805. The minimum atomic E-state index is -0.571. The second kappa shape index (κ2) is 6.07. The third-order valence-corrected chi connectivity index (χ3v) is 4.15. The minimum Gasteiger partial charge on any atom is -0.350 e. The zero-order valence-electron chi connectivity index (χ0n) is 13.5. The van der Waals surface area contributed by atoms with Crippen molar-refractivity contribution in [3.8, 4) is 0 Å². The average molecular weight is 328 g/mol. The van der Waals surface area contributed by atoms with E-state index in [1.165, 1.54) is 18.2 Å². The van der Waals surface area contributed by atoms with Crippen molar-refractivity contribution in [3.63, 3.8) is 0 Å². The molecule has 0 spiro atoms. The molecular formula is C19H18F2N2O. The van der Waals surface area contributed by atoms with Crippen molar-refractivity contribution in [3.05, 3.63) is 71.4 Å². The summed E-state index contributed by atoms with van der Waals surface area (Å²) in [6.07, 6.45) is 0. The van der Waals surface area contributed by atoms with Gasteiger partial charge in [0.25, 0.3) is 5.91 Å². The summed E-state index contributed by atoms with van der Waals surface area (Å²) in [7, 11) is 0. The van der Waals surface area contributed by atoms with Gasteiger partial charge >= 0.3 is 0 Å². The number of aromatic nitrogens is 1. The van der Waals surface area contributed by atoms with E-state index in [9.17, 15) is 13.6 Å². The van der Waals surface area contributed by atoms with Crippen molar-refractivity contribution in [1.82, 2.24) is 10.3 Å². The molecule has 1 amide bonds. The molecule has 3 nitrogen and oxygen atoms in total. The van der Waals surface area contributed by atoms with Gasteiger partial charge < -0.3 is 10.3 Å². The topological polar surface area (TPSA) is 44.9 Å². The molecule has 2 N–H and O–H groups in total. The van der Waals surface area contributed by atoms with Gasteiger partial charge in [0.2, 0.25) is 0 Å². The Morgan fingerprint density at radius 2 is 1.79 bits per heavy atom. The number of hydrogen-bond donors (Lipinski definition) is 2. The Hall–Kier alpha value is -2.69. The first kappa shape index (κ1) is 16.2. The van der Waals surface area contributed by atoms with E-state index < -0.39 is 5.41 Å². The van der Waals surface area contributed by atoms with Gasteiger partial charge in [0, 0.05) is 22.9 Å². The summed E-state index contributed by atoms with van der Waals surface area (Å²) < 4.78 is 27.7. The molecule has 1 heterocycles. The third-order valence-electron chi connectivity index (χ3n) is 4.15. The summed E-state index contributed by atoms with van der Waals surface area (Å²) in [5.74, 6) is -1.03. The zero-order chi connectivity index (χ0) is 17.3. The lowest BCUT2D eigenvalue weighted by Crippen LogP contribution is -2.37. The van der Waals surface area contributed by atoms with E-state index in [2.05, 4.69) is 10.3 Å². The van der Waals surface area contributed by atoms with E-state index in [0.717, 1.165) is 0 Å². The Labute approximate surface area is 138 Å². The van der Waals surface area contributed by atoms with Crippen molar-refractivity contribution in [2.45, 2.75) is 19.3 Å². The summed E-state index contributed by atoms with van der Waals surface area (Å²) in [5, 5.41) is 3.16. The van der Waals surface area contributed by atoms with Crippen LogP contribution in [-0.4, -0.2) is 17.4 Å². The largest absolute Gasteiger partial charge is 0.350 e. The summed E-state index contributed by atoms with van der Waals surface area (Å²) in [6, 6.07) is 12.6. The van der Waals surface area contributed by atoms with E-state index in [1.807, 2.05) is 13.8 Å². The zero-order valence-corrected chi connectivity index (χ0v) is 13.5. The molecule has 0 aliphatic heterocycles. The monoisotopic (exact) mass is 328 g/mol. The van der Waals surface area contributed by atoms with Gasteiger partial charge in [-0.2, -0.15) is 0 Å². The first-order valence-corrected chi connectivity index (χ1v) is 7.69. The molecule has 0 fully saturated rings. The molecule has 0 aliphatic rings. The highest BCUT2D eigenvalue weighted by molar-refractivity contribution is 5.98. The molecule has 0 atom stereocenters. The highest BCUT2D eigenvalue weighted by Crippen LogP contribution is 2.25. The van der Waals surface area contributed by atoms with Crippen molar-refractivity contribution in [2.75, 3.05) is 6.54 Å². The second-order valence-electron chi connectivity index (χ2n) is 6.43. The molecule has 0 radical (unpaired) electrons. The van der Waals surface area contributed by atoms with Gasteiger partial charge in [0.1, 0.15) is 17.3 Å². The molecule has 124 valence electrons. The summed E-state index contributed by atoms with van der Waals surface area (Å²) >= 11 is 0. The number of nitrogens with one attached hydrogen (secondary N) is 2. The van der Waals surface area contributed by atoms with E-state index in [-0.39, 0.29) is 29.8 Å². The Morgan fingerprint density at radius 1 is 1.08 bits per heavy atom. The number of carbonyl (C=O) groups is 1. The number of benzene rings is 2. The Morgan fingerprint density at radius 3 is 2.50 bits per heavy atom. The van der Waals surface area contributed by atoms with E-state index in [1.54, 1.807) is 30.3 Å². The highest BCUT2D eigenvalue weighted by Gasteiger charge is 2.25. The number of halogens is 2. The lowest BCUT2D eigenvalue weighted by molar-refractivity contribution is 0.0941. The van der Waals surface area contributed by atoms with Crippen LogP contribution in [0.1, 0.15) is 29.9 Å². The molecule has 0 aliphatic carbocycles. The number of carbonyl (C=O) groups excluding carboxylic acids is 1. The van der Waals surface area contributed by atoms with Gasteiger partial charge in [-0.25, -0.2) is 8.78 Å². The maximum Gasteiger partial charge on any atom is 0.267 e. The number of amides is 1. The van der Waals surface area contributed by atoms with Crippen LogP contribution in [0.5, 0.6) is 0 Å². The minimum absolute atomic E-state index is 0.255. The Bertz CT molecular complexity index is 899. The number of fused-ring (bicyclic) bond motifs is 1. The molecule has 0 bridgehead atoms. The smallest absolute Gasteiger partial charge is 0.267 e. The van der Waals surface area contributed by atoms with Crippen LogP contribution in [0.25, 0.3) is 10.9 Å². The number of aromatic amines is 1. The Kier molecular flexibility index (Phi) is 4.09. The summed E-state index contributed by atoms with van der Waals surface area (Å²) in [4.78, 5) is 15.2. The van der Waals surface area contributed by atoms with Gasteiger partial charge in [-0.3, -0.25) is 4.79 Å². The third kappa shape index (κ3) is 3.02. The van der Waals surface area contributed by atoms with Crippen LogP contribution in [0.4, 0.5) is 8.78 Å². The van der Waals surface area contributed by atoms with Crippen LogP contribution in [-0.2, 0) is 5.41 Å². The van der Waals surface area contributed by atoms with Gasteiger partial charge in [-0.1, -0.05) is 38.1 Å². The molecule has 0 unspecified atom stereocenters. The van der Waals surface area contributed by atoms with Gasteiger partial charge in [0.05, 0.1) is 0 Å². The lowest BCUT2D eigenvalue weighted by Gasteiger charge is -2.26. The van der Waals surface area contributed by atoms with Crippen LogP contribution in [0.3, 0.4) is 0 Å². The van der Waals surface area contributed by atoms with E-state index >= 15 is 0 Å². The molecule has 5 heteroatoms. The predicted octanol–water partition coefficient (Wildman–Crippen LogP) is 4.15. The molecule has 24 heavy (non-hydrogen) atoms. The fourth-order valence-electron chi connectivity index (χ4n) is 2.74. The maximum atomic E-state index is 14.0. The average Bonchev–Trinajstić information content (AvgIpc) is 2.99.